The Morgan fingerprint density at radius 1 is 1.15 bits per heavy atom. The van der Waals surface area contributed by atoms with Gasteiger partial charge in [-0.25, -0.2) is 0 Å². The maximum atomic E-state index is 12.8. The minimum absolute atomic E-state index is 0.204. The van der Waals surface area contributed by atoms with Gasteiger partial charge in [-0.1, -0.05) is 41.4 Å². The molecule has 0 bridgehead atoms. The number of hydrogen-bond donors (Lipinski definition) is 1. The lowest BCUT2D eigenvalue weighted by molar-refractivity contribution is 0.102. The summed E-state index contributed by atoms with van der Waals surface area (Å²) in [7, 11) is 0. The zero-order valence-corrected chi connectivity index (χ0v) is 16.6. The average Bonchev–Trinajstić information content (AvgIpc) is 3.04. The van der Waals surface area contributed by atoms with Gasteiger partial charge in [0.25, 0.3) is 5.91 Å². The van der Waals surface area contributed by atoms with Crippen molar-refractivity contribution in [1.29, 1.82) is 0 Å². The van der Waals surface area contributed by atoms with E-state index in [9.17, 15) is 4.79 Å². The highest BCUT2D eigenvalue weighted by molar-refractivity contribution is 7.26. The zero-order chi connectivity index (χ0) is 19.0. The summed E-state index contributed by atoms with van der Waals surface area (Å²) in [4.78, 5) is 16.7. The van der Waals surface area contributed by atoms with Gasteiger partial charge < -0.3 is 10.1 Å². The Morgan fingerprint density at radius 2 is 1.89 bits per heavy atom. The second-order valence-electron chi connectivity index (χ2n) is 5.78. The highest BCUT2D eigenvalue weighted by Crippen LogP contribution is 2.43. The molecule has 0 aliphatic rings. The molecule has 0 saturated carbocycles. The van der Waals surface area contributed by atoms with Crippen LogP contribution in [0.2, 0.25) is 10.0 Å². The standard InChI is InChI=1S/C20H14Cl2N2O2S/c1-2-26-15-8-7-14(17-11-5-3-4-6-16(11)27-19(15)17)24-20(25)18-12(21)9-23-10-13(18)22/h3-10H,2H2,1H3,(H,24,25). The molecule has 2 aromatic heterocycles. The number of carbonyl (C=O) groups is 1. The highest BCUT2D eigenvalue weighted by atomic mass is 35.5. The SMILES string of the molecule is CCOc1ccc(NC(=O)c2c(Cl)cncc2Cl)c2c1sc1ccccc12. The van der Waals surface area contributed by atoms with Gasteiger partial charge >= 0.3 is 0 Å². The molecule has 0 saturated heterocycles. The van der Waals surface area contributed by atoms with Crippen molar-refractivity contribution in [2.75, 3.05) is 11.9 Å². The van der Waals surface area contributed by atoms with Gasteiger partial charge in [0.2, 0.25) is 0 Å². The third kappa shape index (κ3) is 3.23. The van der Waals surface area contributed by atoms with Crippen LogP contribution in [0.3, 0.4) is 0 Å². The molecule has 7 heteroatoms. The predicted octanol–water partition coefficient (Wildman–Crippen LogP) is 6.41. The second kappa shape index (κ2) is 7.35. The van der Waals surface area contributed by atoms with Gasteiger partial charge in [-0.15, -0.1) is 11.3 Å². The zero-order valence-electron chi connectivity index (χ0n) is 14.3. The fraction of sp³-hybridized carbons (Fsp3) is 0.100. The summed E-state index contributed by atoms with van der Waals surface area (Å²) < 4.78 is 7.89. The number of carbonyl (C=O) groups excluding carboxylic acids is 1. The molecule has 1 amide bonds. The van der Waals surface area contributed by atoms with Crippen molar-refractivity contribution < 1.29 is 9.53 Å². The summed E-state index contributed by atoms with van der Waals surface area (Å²) in [6.45, 7) is 2.51. The molecule has 1 N–H and O–H groups in total. The van der Waals surface area contributed by atoms with E-state index < -0.39 is 0 Å². The van der Waals surface area contributed by atoms with Gasteiger partial charge in [0.1, 0.15) is 5.75 Å². The molecule has 4 aromatic rings. The van der Waals surface area contributed by atoms with E-state index in [4.69, 9.17) is 27.9 Å². The summed E-state index contributed by atoms with van der Waals surface area (Å²) in [6.07, 6.45) is 2.80. The topological polar surface area (TPSA) is 51.2 Å². The second-order valence-corrected chi connectivity index (χ2v) is 7.65. The number of anilines is 1. The van der Waals surface area contributed by atoms with Crippen LogP contribution in [0.25, 0.3) is 20.2 Å². The van der Waals surface area contributed by atoms with Crippen molar-refractivity contribution in [3.63, 3.8) is 0 Å². The van der Waals surface area contributed by atoms with Crippen molar-refractivity contribution in [2.45, 2.75) is 6.92 Å². The van der Waals surface area contributed by atoms with Crippen molar-refractivity contribution in [3.8, 4) is 5.75 Å². The van der Waals surface area contributed by atoms with Crippen LogP contribution in [0.4, 0.5) is 5.69 Å². The highest BCUT2D eigenvalue weighted by Gasteiger charge is 2.19. The molecule has 0 radical (unpaired) electrons. The van der Waals surface area contributed by atoms with Crippen LogP contribution in [0.15, 0.2) is 48.8 Å². The molecule has 4 nitrogen and oxygen atoms in total. The van der Waals surface area contributed by atoms with Gasteiger partial charge in [0.15, 0.2) is 0 Å². The summed E-state index contributed by atoms with van der Waals surface area (Å²) in [5.74, 6) is 0.416. The summed E-state index contributed by atoms with van der Waals surface area (Å²) >= 11 is 13.9. The summed E-state index contributed by atoms with van der Waals surface area (Å²) in [6, 6.07) is 11.8. The first-order valence-electron chi connectivity index (χ1n) is 8.27. The van der Waals surface area contributed by atoms with Crippen LogP contribution in [-0.2, 0) is 0 Å². The third-order valence-electron chi connectivity index (χ3n) is 4.12. The monoisotopic (exact) mass is 416 g/mol. The van der Waals surface area contributed by atoms with E-state index in [1.807, 2.05) is 37.3 Å². The number of ether oxygens (including phenoxy) is 1. The number of rotatable bonds is 4. The van der Waals surface area contributed by atoms with Crippen LogP contribution < -0.4 is 10.1 Å². The molecule has 0 aliphatic carbocycles. The van der Waals surface area contributed by atoms with Crippen molar-refractivity contribution in [2.24, 2.45) is 0 Å². The number of hydrogen-bond acceptors (Lipinski definition) is 4. The fourth-order valence-electron chi connectivity index (χ4n) is 2.99. The van der Waals surface area contributed by atoms with Crippen LogP contribution in [-0.4, -0.2) is 17.5 Å². The minimum atomic E-state index is -0.381. The van der Waals surface area contributed by atoms with E-state index in [2.05, 4.69) is 16.4 Å². The summed E-state index contributed by atoms with van der Waals surface area (Å²) in [5, 5.41) is 5.36. The van der Waals surface area contributed by atoms with E-state index in [1.54, 1.807) is 11.3 Å². The van der Waals surface area contributed by atoms with Crippen LogP contribution in [0.5, 0.6) is 5.75 Å². The van der Waals surface area contributed by atoms with E-state index in [1.165, 1.54) is 12.4 Å². The Kier molecular flexibility index (Phi) is 4.91. The van der Waals surface area contributed by atoms with Crippen molar-refractivity contribution in [1.82, 2.24) is 4.98 Å². The normalized spacial score (nSPS) is 11.1. The first kappa shape index (κ1) is 18.0. The number of nitrogens with zero attached hydrogens (tertiary/aromatic N) is 1. The number of fused-ring (bicyclic) bond motifs is 3. The molecule has 0 unspecified atom stereocenters. The molecule has 0 spiro atoms. The Balaban J connectivity index is 1.87. The fourth-order valence-corrected chi connectivity index (χ4v) is 4.72. The lowest BCUT2D eigenvalue weighted by Crippen LogP contribution is -2.13. The van der Waals surface area contributed by atoms with Crippen molar-refractivity contribution in [3.05, 3.63) is 64.4 Å². The number of benzene rings is 2. The molecule has 2 aromatic carbocycles. The Morgan fingerprint density at radius 3 is 2.63 bits per heavy atom. The first-order valence-corrected chi connectivity index (χ1v) is 9.84. The quantitative estimate of drug-likeness (QED) is 0.418. The minimum Gasteiger partial charge on any atom is -0.492 e. The predicted molar refractivity (Wildman–Crippen MR) is 113 cm³/mol. The number of pyridine rings is 1. The Labute approximate surface area is 169 Å². The third-order valence-corrected chi connectivity index (χ3v) is 5.88. The van der Waals surface area contributed by atoms with Crippen molar-refractivity contribution >= 4 is 66.3 Å². The van der Waals surface area contributed by atoms with Crippen LogP contribution in [0.1, 0.15) is 17.3 Å². The summed E-state index contributed by atoms with van der Waals surface area (Å²) in [5.41, 5.74) is 0.884. The molecular formula is C20H14Cl2N2O2S. The number of thiophene rings is 1. The Hall–Kier alpha value is -2.34. The molecule has 0 fully saturated rings. The van der Waals surface area contributed by atoms with Gasteiger partial charge in [-0.2, -0.15) is 0 Å². The molecule has 2 heterocycles. The molecular weight excluding hydrogens is 403 g/mol. The Bertz CT molecular complexity index is 1150. The molecule has 0 atom stereocenters. The van der Waals surface area contributed by atoms with Gasteiger partial charge in [-0.05, 0) is 25.1 Å². The van der Waals surface area contributed by atoms with E-state index in [-0.39, 0.29) is 21.5 Å². The lowest BCUT2D eigenvalue weighted by atomic mass is 10.1. The molecule has 136 valence electrons. The number of aromatic nitrogens is 1. The molecule has 4 rings (SSSR count). The molecule has 0 aliphatic heterocycles. The maximum Gasteiger partial charge on any atom is 0.258 e. The largest absolute Gasteiger partial charge is 0.492 e. The number of nitrogens with one attached hydrogen (secondary N) is 1. The van der Waals surface area contributed by atoms with Crippen LogP contribution >= 0.6 is 34.5 Å². The van der Waals surface area contributed by atoms with Gasteiger partial charge in [0, 0.05) is 27.9 Å². The van der Waals surface area contributed by atoms with Crippen LogP contribution in [0, 0.1) is 0 Å². The molecule has 27 heavy (non-hydrogen) atoms. The van der Waals surface area contributed by atoms with Gasteiger partial charge in [0.05, 0.1) is 32.6 Å². The smallest absolute Gasteiger partial charge is 0.258 e. The van der Waals surface area contributed by atoms with E-state index >= 15 is 0 Å². The van der Waals surface area contributed by atoms with Gasteiger partial charge in [-0.3, -0.25) is 9.78 Å². The van der Waals surface area contributed by atoms with E-state index in [0.717, 1.165) is 25.9 Å². The lowest BCUT2D eigenvalue weighted by Gasteiger charge is -2.11. The van der Waals surface area contributed by atoms with E-state index in [0.29, 0.717) is 12.3 Å². The number of amides is 1. The maximum absolute atomic E-state index is 12.8. The number of halogens is 2. The first-order chi connectivity index (χ1) is 13.1. The average molecular weight is 417 g/mol.